The van der Waals surface area contributed by atoms with E-state index in [0.29, 0.717) is 59.1 Å². The first-order chi connectivity index (χ1) is 51.8. The number of halogens is 2. The third-order valence-electron chi connectivity index (χ3n) is 21.8. The van der Waals surface area contributed by atoms with Crippen LogP contribution in [0.15, 0.2) is 71.9 Å². The number of hydrogen-bond donors (Lipinski definition) is 4. The molecular weight excluding hydrogens is 1510 g/mol. The number of benzene rings is 2. The molecule has 6 aliphatic rings. The van der Waals surface area contributed by atoms with E-state index in [2.05, 4.69) is 59.1 Å². The van der Waals surface area contributed by atoms with E-state index in [1.165, 1.54) is 48.0 Å². The molecule has 17 atom stereocenters. The lowest BCUT2D eigenvalue weighted by Crippen LogP contribution is -2.63. The number of fused-ring (bicyclic) bond motifs is 10. The zero-order valence-corrected chi connectivity index (χ0v) is 71.8. The van der Waals surface area contributed by atoms with Crippen molar-refractivity contribution in [3.05, 3.63) is 93.0 Å². The Bertz CT molecular complexity index is 3840. The molecule has 4 fully saturated rings. The molecule has 2 aromatic carbocycles. The van der Waals surface area contributed by atoms with Gasteiger partial charge < -0.3 is 77.2 Å². The van der Waals surface area contributed by atoms with E-state index in [0.717, 1.165) is 22.3 Å². The average molecular weight is 1630 g/mol. The highest BCUT2D eigenvalue weighted by Crippen LogP contribution is 2.52. The van der Waals surface area contributed by atoms with Gasteiger partial charge >= 0.3 is 24.1 Å². The van der Waals surface area contributed by atoms with Crippen LogP contribution in [0.2, 0.25) is 10.0 Å². The van der Waals surface area contributed by atoms with Gasteiger partial charge in [-0.05, 0) is 113 Å². The molecule has 1 unspecified atom stereocenters. The van der Waals surface area contributed by atoms with Crippen LogP contribution >= 0.6 is 46.7 Å². The summed E-state index contributed by atoms with van der Waals surface area (Å²) in [6, 6.07) is 5.26. The predicted octanol–water partition coefficient (Wildman–Crippen LogP) is 12.0. The zero-order valence-electron chi connectivity index (χ0n) is 68.6. The molecule has 8 bridgehead atoms. The Morgan fingerprint density at radius 2 is 1.03 bits per heavy atom. The van der Waals surface area contributed by atoms with Gasteiger partial charge in [0.15, 0.2) is 11.4 Å². The number of nitrogens with zero attached hydrogens (tertiary/aromatic N) is 4. The normalized spacial score (nSPS) is 30.9. The molecule has 6 aliphatic heterocycles. The van der Waals surface area contributed by atoms with Crippen LogP contribution in [0.5, 0.6) is 11.5 Å². The van der Waals surface area contributed by atoms with Crippen LogP contribution in [-0.4, -0.2) is 228 Å². The molecule has 111 heavy (non-hydrogen) atoms. The van der Waals surface area contributed by atoms with Gasteiger partial charge in [0.05, 0.1) is 50.6 Å². The molecule has 0 aromatic heterocycles. The SMILES string of the molecule is COc1cc2cc(c1Cl)N(C)C(=O)C[C@H](OC(=O)[C@@H](C)N(C)C(=O)CCC(C)(C)SC(C)C)[C@]1(C)O[C@H]1[C@H](C)[C@@H]1C[C@@](O)(NC(=O)O1)[C@H](OC)/C=C/C=C(\C)C2.COc1cc2cc(c1Cl)N(C)C(=O)C[C@H](OC(=O)[C@@H](C)N(C)C(=O)CCC(C)SC(C)C)[C@]1(C)O[C@H]1[C@H](C)[C@@H]1C[C@@](O)(NC(=O)O1)[C@H](OC)/C=C/C=C(\C)C2. The number of amides is 6. The number of hydrogen-bond acceptors (Lipinski definition) is 22. The number of esters is 2. The van der Waals surface area contributed by atoms with Gasteiger partial charge in [-0.3, -0.25) is 29.8 Å². The van der Waals surface area contributed by atoms with Crippen LogP contribution in [-0.2, 0) is 79.5 Å². The number of alkyl carbamates (subject to hydrolysis) is 2. The number of carbonyl (C=O) groups is 8. The number of ether oxygens (including phenoxy) is 10. The molecule has 0 radical (unpaired) electrons. The number of nitrogens with one attached hydrogen (secondary N) is 2. The van der Waals surface area contributed by atoms with Crippen molar-refractivity contribution < 1.29 is 95.9 Å². The summed E-state index contributed by atoms with van der Waals surface area (Å²) in [5.74, 6) is -2.96. The fraction of sp³-hybridized carbons (Fsp3) is 0.654. The van der Waals surface area contributed by atoms with Crippen molar-refractivity contribution in [3.8, 4) is 11.5 Å². The second-order valence-corrected chi connectivity index (χ2v) is 36.8. The highest BCUT2D eigenvalue weighted by atomic mass is 35.5. The Hall–Kier alpha value is -6.60. The Morgan fingerprint density at radius 1 is 0.640 bits per heavy atom. The minimum Gasteiger partial charge on any atom is -0.495 e. The molecule has 6 amide bonds. The smallest absolute Gasteiger partial charge is 0.409 e. The third kappa shape index (κ3) is 22.9. The molecule has 618 valence electrons. The van der Waals surface area contributed by atoms with E-state index >= 15 is 0 Å². The third-order valence-corrected chi connectivity index (χ3v) is 25.1. The van der Waals surface area contributed by atoms with Crippen LogP contribution in [0, 0.1) is 11.8 Å². The number of aliphatic hydroxyl groups is 2. The highest BCUT2D eigenvalue weighted by molar-refractivity contribution is 8.01. The lowest BCUT2D eigenvalue weighted by atomic mass is 9.83. The predicted molar refractivity (Wildman–Crippen MR) is 429 cm³/mol. The quantitative estimate of drug-likeness (QED) is 0.0544. The molecule has 6 heterocycles. The van der Waals surface area contributed by atoms with E-state index in [1.54, 1.807) is 128 Å². The zero-order chi connectivity index (χ0) is 82.9. The van der Waals surface area contributed by atoms with Gasteiger partial charge in [0.25, 0.3) is 0 Å². The van der Waals surface area contributed by atoms with E-state index in [4.69, 9.17) is 70.6 Å². The van der Waals surface area contributed by atoms with Gasteiger partial charge in [0, 0.05) is 89.9 Å². The van der Waals surface area contributed by atoms with Crippen molar-refractivity contribution >= 4 is 106 Å². The van der Waals surface area contributed by atoms with Crippen LogP contribution < -0.4 is 29.9 Å². The van der Waals surface area contributed by atoms with Gasteiger partial charge in [-0.25, -0.2) is 19.2 Å². The number of carbonyl (C=O) groups excluding carboxylic acids is 8. The lowest BCUT2D eigenvalue weighted by Gasteiger charge is -2.42. The minimum absolute atomic E-state index is 0.0458. The van der Waals surface area contributed by atoms with Crippen molar-refractivity contribution in [2.75, 3.05) is 66.4 Å². The summed E-state index contributed by atoms with van der Waals surface area (Å²) < 4.78 is 58.6. The van der Waals surface area contributed by atoms with E-state index in [1.807, 2.05) is 39.8 Å². The Balaban J connectivity index is 0.000000308. The van der Waals surface area contributed by atoms with Crippen molar-refractivity contribution in [3.63, 3.8) is 0 Å². The maximum atomic E-state index is 14.2. The fourth-order valence-electron chi connectivity index (χ4n) is 14.8. The fourth-order valence-corrected chi connectivity index (χ4v) is 18.1. The number of anilines is 2. The lowest BCUT2D eigenvalue weighted by molar-refractivity contribution is -0.162. The van der Waals surface area contributed by atoms with Crippen molar-refractivity contribution in [2.45, 2.75) is 272 Å². The number of methoxy groups -OCH3 is 4. The number of thioether (sulfide) groups is 2. The molecule has 0 aliphatic carbocycles. The number of likely N-dealkylation sites (N-methyl/N-ethyl adjacent to an activating group) is 2. The Morgan fingerprint density at radius 3 is 1.39 bits per heavy atom. The first-order valence-corrected chi connectivity index (χ1v) is 40.4. The average Bonchev–Trinajstić information content (AvgIpc) is 1.58. The van der Waals surface area contributed by atoms with Crippen LogP contribution in [0.3, 0.4) is 0 Å². The van der Waals surface area contributed by atoms with Gasteiger partial charge in [0.2, 0.25) is 23.6 Å². The molecule has 0 spiro atoms. The van der Waals surface area contributed by atoms with E-state index in [-0.39, 0.29) is 70.4 Å². The van der Waals surface area contributed by atoms with Gasteiger partial charge in [-0.2, -0.15) is 23.5 Å². The second kappa shape index (κ2) is 38.2. The second-order valence-electron chi connectivity index (χ2n) is 31.8. The molecular formula is C81H118Cl2N6O20S2. The number of epoxide rings is 2. The topological polar surface area (TPSA) is 313 Å². The summed E-state index contributed by atoms with van der Waals surface area (Å²) >= 11 is 17.1. The summed E-state index contributed by atoms with van der Waals surface area (Å²) in [6.07, 6.45) is 3.77. The summed E-state index contributed by atoms with van der Waals surface area (Å²) in [5, 5.41) is 30.1. The van der Waals surface area contributed by atoms with Crippen molar-refractivity contribution in [2.24, 2.45) is 11.8 Å². The number of rotatable bonds is 20. The molecule has 30 heteroatoms. The van der Waals surface area contributed by atoms with Crippen LogP contribution in [0.4, 0.5) is 21.0 Å². The maximum Gasteiger partial charge on any atom is 0.409 e. The summed E-state index contributed by atoms with van der Waals surface area (Å²) in [6.45, 7) is 28.8. The van der Waals surface area contributed by atoms with Gasteiger partial charge in [0.1, 0.15) is 81.5 Å². The largest absolute Gasteiger partial charge is 0.495 e. The van der Waals surface area contributed by atoms with Crippen molar-refractivity contribution in [1.29, 1.82) is 0 Å². The van der Waals surface area contributed by atoms with E-state index < -0.39 is 131 Å². The van der Waals surface area contributed by atoms with E-state index in [9.17, 15) is 48.6 Å². The highest BCUT2D eigenvalue weighted by Gasteiger charge is 2.66. The van der Waals surface area contributed by atoms with Crippen LogP contribution in [0.25, 0.3) is 0 Å². The Labute approximate surface area is 673 Å². The van der Waals surface area contributed by atoms with Crippen molar-refractivity contribution in [1.82, 2.24) is 20.4 Å². The molecule has 8 rings (SSSR count). The van der Waals surface area contributed by atoms with Gasteiger partial charge in [-0.15, -0.1) is 0 Å². The Kier molecular flexibility index (Phi) is 31.5. The summed E-state index contributed by atoms with van der Waals surface area (Å²) in [4.78, 5) is 114. The summed E-state index contributed by atoms with van der Waals surface area (Å²) in [5.41, 5.74) is -1.79. The molecule has 4 saturated heterocycles. The van der Waals surface area contributed by atoms with Gasteiger partial charge in [-0.1, -0.05) is 133 Å². The first-order valence-electron chi connectivity index (χ1n) is 37.8. The monoisotopic (exact) mass is 1630 g/mol. The first kappa shape index (κ1) is 91.6. The maximum absolute atomic E-state index is 14.2. The number of allylic oxidation sites excluding steroid dienone is 6. The van der Waals surface area contributed by atoms with Crippen LogP contribution in [0.1, 0.15) is 166 Å². The minimum atomic E-state index is -1.83. The standard InChI is InChI=1S/C41H60ClN3O10S.C40H58ClN3O10S/c1-23(2)56-39(6,7)17-16-33(46)44(9)26(5)37(48)54-32-21-34(47)45(10)28-19-27(20-29(51-11)35(28)42)18-24(3)14-13-15-31(52-12)41(50)22-30(53-38(49)43-41)25(4)36-40(32,8)55-36;1-22(2)55-24(4)15-16-33(45)43(8)26(6)37(47)53-32-20-34(46)44(9)28-18-27(19-29(50-10)35(28)41)17-23(3)13-12-14-31(51-11)40(49)21-30(52-38(48)42-40)25(5)36-39(32,7)54-36/h13-15,19-20,23,25-26,30-32,36,50H,16-18,21-22H2,1-12H3,(H,43,49);12-14,18-19,22,24-26,30-32,36,49H,15-17,20-21H2,1-11H3,(H,42,48)/b15-13+,24-14+;14-12+,23-13+/t25-,26-,30+,31-,32+,36+,40+,41+;24?,25-,26-,30+,31-,32+,36+,39+,40+/m11/s1. The molecule has 26 nitrogen and oxygen atoms in total. The molecule has 0 saturated carbocycles. The molecule has 2 aromatic rings. The summed E-state index contributed by atoms with van der Waals surface area (Å²) in [7, 11) is 12.2. The molecule has 4 N–H and O–H groups in total.